The molecule has 1 aromatic carbocycles. The number of aryl methyl sites for hydroxylation is 1. The molecule has 1 aliphatic carbocycles. The van der Waals surface area contributed by atoms with Crippen LogP contribution >= 0.6 is 0 Å². The standard InChI is InChI=1S/C17H24N2O4/c1-12-5-6-14(23-3)13(11-12)19-16(21)17(7-8-17)15(20)18-9-4-10-22-2/h5-6,11H,4,7-10H2,1-3H3,(H,18,20)(H,19,21). The average Bonchev–Trinajstić information content (AvgIpc) is 3.33. The minimum absolute atomic E-state index is 0.210. The molecule has 2 amide bonds. The zero-order valence-electron chi connectivity index (χ0n) is 13.9. The molecular formula is C17H24N2O4. The Kier molecular flexibility index (Phi) is 5.60. The van der Waals surface area contributed by atoms with Crippen LogP contribution in [0.1, 0.15) is 24.8 Å². The van der Waals surface area contributed by atoms with Crippen LogP contribution in [0.25, 0.3) is 0 Å². The highest BCUT2D eigenvalue weighted by Crippen LogP contribution is 2.47. The topological polar surface area (TPSA) is 76.7 Å². The number of carbonyl (C=O) groups is 2. The number of anilines is 1. The first-order valence-corrected chi connectivity index (χ1v) is 7.77. The Bertz CT molecular complexity index is 582. The van der Waals surface area contributed by atoms with Gasteiger partial charge < -0.3 is 20.1 Å². The first kappa shape index (κ1) is 17.3. The second-order valence-electron chi connectivity index (χ2n) is 5.84. The Balaban J connectivity index is 2.00. The highest BCUT2D eigenvalue weighted by molar-refractivity contribution is 6.13. The van der Waals surface area contributed by atoms with Crippen LogP contribution in [0.5, 0.6) is 5.75 Å². The molecule has 1 aliphatic rings. The highest BCUT2D eigenvalue weighted by Gasteiger charge is 2.56. The SMILES string of the molecule is COCCCNC(=O)C1(C(=O)Nc2cc(C)ccc2OC)CC1. The molecule has 0 aliphatic heterocycles. The molecule has 1 aromatic rings. The number of ether oxygens (including phenoxy) is 2. The Morgan fingerprint density at radius 3 is 2.57 bits per heavy atom. The van der Waals surface area contributed by atoms with Crippen molar-refractivity contribution in [2.45, 2.75) is 26.2 Å². The second kappa shape index (κ2) is 7.46. The smallest absolute Gasteiger partial charge is 0.240 e. The molecule has 6 nitrogen and oxygen atoms in total. The van der Waals surface area contributed by atoms with Gasteiger partial charge in [-0.15, -0.1) is 0 Å². The minimum Gasteiger partial charge on any atom is -0.495 e. The monoisotopic (exact) mass is 320 g/mol. The molecule has 1 saturated carbocycles. The van der Waals surface area contributed by atoms with Crippen molar-refractivity contribution in [2.24, 2.45) is 5.41 Å². The van der Waals surface area contributed by atoms with Gasteiger partial charge in [-0.25, -0.2) is 0 Å². The lowest BCUT2D eigenvalue weighted by atomic mass is 10.0. The molecule has 0 unspecified atom stereocenters. The van der Waals surface area contributed by atoms with Crippen LogP contribution in [-0.4, -0.2) is 39.2 Å². The van der Waals surface area contributed by atoms with Gasteiger partial charge in [-0.05, 0) is 43.9 Å². The maximum absolute atomic E-state index is 12.6. The molecule has 6 heteroatoms. The number of carbonyl (C=O) groups excluding carboxylic acids is 2. The van der Waals surface area contributed by atoms with Crippen molar-refractivity contribution < 1.29 is 19.1 Å². The fourth-order valence-corrected chi connectivity index (χ4v) is 2.43. The zero-order valence-corrected chi connectivity index (χ0v) is 13.9. The fraction of sp³-hybridized carbons (Fsp3) is 0.529. The zero-order chi connectivity index (χ0) is 16.9. The van der Waals surface area contributed by atoms with Gasteiger partial charge in [0.25, 0.3) is 0 Å². The number of rotatable bonds is 8. The van der Waals surface area contributed by atoms with Gasteiger partial charge in [-0.1, -0.05) is 6.07 Å². The largest absolute Gasteiger partial charge is 0.495 e. The van der Waals surface area contributed by atoms with E-state index in [9.17, 15) is 9.59 Å². The van der Waals surface area contributed by atoms with Gasteiger partial charge in [0, 0.05) is 20.3 Å². The molecule has 2 N–H and O–H groups in total. The first-order chi connectivity index (χ1) is 11.0. The molecule has 1 fully saturated rings. The van der Waals surface area contributed by atoms with E-state index in [1.807, 2.05) is 19.1 Å². The van der Waals surface area contributed by atoms with E-state index in [0.29, 0.717) is 37.4 Å². The van der Waals surface area contributed by atoms with E-state index < -0.39 is 5.41 Å². The van der Waals surface area contributed by atoms with Gasteiger partial charge in [-0.2, -0.15) is 0 Å². The molecule has 0 atom stereocenters. The van der Waals surface area contributed by atoms with Crippen LogP contribution in [-0.2, 0) is 14.3 Å². The summed E-state index contributed by atoms with van der Waals surface area (Å²) in [6.45, 7) is 3.03. The predicted octanol–water partition coefficient (Wildman–Crippen LogP) is 1.88. The van der Waals surface area contributed by atoms with Crippen molar-refractivity contribution in [1.82, 2.24) is 5.32 Å². The fourth-order valence-electron chi connectivity index (χ4n) is 2.43. The molecule has 126 valence electrons. The first-order valence-electron chi connectivity index (χ1n) is 7.77. The molecule has 0 bridgehead atoms. The number of benzene rings is 1. The summed E-state index contributed by atoms with van der Waals surface area (Å²) in [4.78, 5) is 24.9. The Hall–Kier alpha value is -2.08. The summed E-state index contributed by atoms with van der Waals surface area (Å²) < 4.78 is 10.2. The summed E-state index contributed by atoms with van der Waals surface area (Å²) in [5.41, 5.74) is 0.660. The van der Waals surface area contributed by atoms with Crippen molar-refractivity contribution in [3.8, 4) is 5.75 Å². The number of hydrogen-bond donors (Lipinski definition) is 2. The molecule has 0 saturated heterocycles. The van der Waals surface area contributed by atoms with Gasteiger partial charge in [0.2, 0.25) is 11.8 Å². The third-order valence-electron chi connectivity index (χ3n) is 4.03. The third-order valence-corrected chi connectivity index (χ3v) is 4.03. The molecular weight excluding hydrogens is 296 g/mol. The van der Waals surface area contributed by atoms with Crippen LogP contribution in [0.3, 0.4) is 0 Å². The predicted molar refractivity (Wildman–Crippen MR) is 87.5 cm³/mol. The lowest BCUT2D eigenvalue weighted by Crippen LogP contribution is -2.40. The van der Waals surface area contributed by atoms with E-state index in [-0.39, 0.29) is 11.8 Å². The lowest BCUT2D eigenvalue weighted by Gasteiger charge is -2.17. The molecule has 2 rings (SSSR count). The normalized spacial score (nSPS) is 14.9. The summed E-state index contributed by atoms with van der Waals surface area (Å²) in [7, 11) is 3.17. The Labute approximate surface area is 136 Å². The van der Waals surface area contributed by atoms with Crippen LogP contribution in [0, 0.1) is 12.3 Å². The van der Waals surface area contributed by atoms with Gasteiger partial charge >= 0.3 is 0 Å². The molecule has 23 heavy (non-hydrogen) atoms. The van der Waals surface area contributed by atoms with Crippen molar-refractivity contribution in [3.63, 3.8) is 0 Å². The van der Waals surface area contributed by atoms with Crippen molar-refractivity contribution in [1.29, 1.82) is 0 Å². The summed E-state index contributed by atoms with van der Waals surface area (Å²) in [6.07, 6.45) is 1.87. The van der Waals surface area contributed by atoms with Crippen molar-refractivity contribution in [3.05, 3.63) is 23.8 Å². The van der Waals surface area contributed by atoms with E-state index in [0.717, 1.165) is 12.0 Å². The number of methoxy groups -OCH3 is 2. The summed E-state index contributed by atoms with van der Waals surface area (Å²) in [6, 6.07) is 5.54. The summed E-state index contributed by atoms with van der Waals surface area (Å²) in [5, 5.41) is 5.65. The number of nitrogens with one attached hydrogen (secondary N) is 2. The molecule has 0 spiro atoms. The van der Waals surface area contributed by atoms with Gasteiger partial charge in [0.15, 0.2) is 0 Å². The van der Waals surface area contributed by atoms with Gasteiger partial charge in [0.05, 0.1) is 12.8 Å². The Morgan fingerprint density at radius 1 is 1.22 bits per heavy atom. The van der Waals surface area contributed by atoms with Gasteiger partial charge in [-0.3, -0.25) is 9.59 Å². The highest BCUT2D eigenvalue weighted by atomic mass is 16.5. The van der Waals surface area contributed by atoms with E-state index in [1.54, 1.807) is 20.3 Å². The average molecular weight is 320 g/mol. The van der Waals surface area contributed by atoms with E-state index in [2.05, 4.69) is 10.6 Å². The van der Waals surface area contributed by atoms with Crippen LogP contribution in [0.4, 0.5) is 5.69 Å². The number of hydrogen-bond acceptors (Lipinski definition) is 4. The second-order valence-corrected chi connectivity index (χ2v) is 5.84. The van der Waals surface area contributed by atoms with Crippen LogP contribution in [0.15, 0.2) is 18.2 Å². The Morgan fingerprint density at radius 2 is 1.96 bits per heavy atom. The maximum atomic E-state index is 12.6. The van der Waals surface area contributed by atoms with Gasteiger partial charge in [0.1, 0.15) is 11.2 Å². The molecule has 0 radical (unpaired) electrons. The van der Waals surface area contributed by atoms with E-state index in [4.69, 9.17) is 9.47 Å². The number of amides is 2. The van der Waals surface area contributed by atoms with Crippen LogP contribution < -0.4 is 15.4 Å². The van der Waals surface area contributed by atoms with E-state index in [1.165, 1.54) is 0 Å². The summed E-state index contributed by atoms with van der Waals surface area (Å²) in [5.74, 6) is 0.101. The molecule has 0 aromatic heterocycles. The quantitative estimate of drug-likeness (QED) is 0.566. The van der Waals surface area contributed by atoms with E-state index >= 15 is 0 Å². The van der Waals surface area contributed by atoms with Crippen molar-refractivity contribution >= 4 is 17.5 Å². The lowest BCUT2D eigenvalue weighted by molar-refractivity contribution is -0.134. The molecule has 0 heterocycles. The maximum Gasteiger partial charge on any atom is 0.240 e. The van der Waals surface area contributed by atoms with Crippen molar-refractivity contribution in [2.75, 3.05) is 32.7 Å². The summed E-state index contributed by atoms with van der Waals surface area (Å²) >= 11 is 0. The minimum atomic E-state index is -0.943. The third kappa shape index (κ3) is 4.01. The van der Waals surface area contributed by atoms with Crippen LogP contribution in [0.2, 0.25) is 0 Å².